The number of hydrogen-bond donors (Lipinski definition) is 0. The molecule has 0 heterocycles. The zero-order chi connectivity index (χ0) is 19.8. The van der Waals surface area contributed by atoms with Gasteiger partial charge in [-0.15, -0.1) is 23.5 Å². The molecule has 1 amide bonds. The number of carbonyl (C=O) groups is 1. The highest BCUT2D eigenvalue weighted by Gasteiger charge is 2.27. The second kappa shape index (κ2) is 11.8. The van der Waals surface area contributed by atoms with Crippen LogP contribution < -0.4 is 0 Å². The summed E-state index contributed by atoms with van der Waals surface area (Å²) in [6.45, 7) is 1.83. The van der Waals surface area contributed by atoms with Gasteiger partial charge in [0.15, 0.2) is 0 Å². The van der Waals surface area contributed by atoms with E-state index < -0.39 is 0 Å². The van der Waals surface area contributed by atoms with Crippen molar-refractivity contribution in [2.75, 3.05) is 40.0 Å². The molecule has 0 N–H and O–H groups in total. The molecule has 1 fully saturated rings. The van der Waals surface area contributed by atoms with Gasteiger partial charge in [0, 0.05) is 29.0 Å². The third kappa shape index (κ3) is 8.06. The summed E-state index contributed by atoms with van der Waals surface area (Å²) in [6.07, 6.45) is 5.90. The van der Waals surface area contributed by atoms with Gasteiger partial charge in [-0.3, -0.25) is 4.79 Å². The van der Waals surface area contributed by atoms with Gasteiger partial charge in [-0.25, -0.2) is 0 Å². The highest BCUT2D eigenvalue weighted by atomic mass is 35.5. The van der Waals surface area contributed by atoms with E-state index in [9.17, 15) is 4.79 Å². The Labute approximate surface area is 182 Å². The summed E-state index contributed by atoms with van der Waals surface area (Å²) in [6, 6.07) is 5.86. The molecule has 0 unspecified atom stereocenters. The van der Waals surface area contributed by atoms with E-state index in [-0.39, 0.29) is 5.91 Å². The highest BCUT2D eigenvalue weighted by Crippen LogP contribution is 2.40. The lowest BCUT2D eigenvalue weighted by Gasteiger charge is -2.31. The Morgan fingerprint density at radius 3 is 2.44 bits per heavy atom. The van der Waals surface area contributed by atoms with Crippen molar-refractivity contribution in [3.05, 3.63) is 28.2 Å². The van der Waals surface area contributed by atoms with Crippen molar-refractivity contribution in [1.29, 1.82) is 0 Å². The summed E-state index contributed by atoms with van der Waals surface area (Å²) in [5.41, 5.74) is 0. The van der Waals surface area contributed by atoms with Gasteiger partial charge >= 0.3 is 0 Å². The lowest BCUT2D eigenvalue weighted by Crippen LogP contribution is -2.33. The summed E-state index contributed by atoms with van der Waals surface area (Å²) < 4.78 is 0. The molecular weight excluding hydrogens is 419 g/mol. The number of halogens is 2. The Kier molecular flexibility index (Phi) is 10.2. The lowest BCUT2D eigenvalue weighted by atomic mass is 10.00. The van der Waals surface area contributed by atoms with Crippen LogP contribution in [0.15, 0.2) is 23.1 Å². The van der Waals surface area contributed by atoms with E-state index >= 15 is 0 Å². The Balaban J connectivity index is 1.83. The molecule has 0 aromatic heterocycles. The largest absolute Gasteiger partial charge is 0.345 e. The highest BCUT2D eigenvalue weighted by molar-refractivity contribution is 8.04. The minimum Gasteiger partial charge on any atom is -0.345 e. The van der Waals surface area contributed by atoms with E-state index in [0.29, 0.717) is 26.3 Å². The van der Waals surface area contributed by atoms with Crippen LogP contribution in [0.3, 0.4) is 0 Å². The number of thioether (sulfide) groups is 2. The van der Waals surface area contributed by atoms with Crippen LogP contribution in [0.2, 0.25) is 10.0 Å². The summed E-state index contributed by atoms with van der Waals surface area (Å²) in [4.78, 5) is 17.7. The van der Waals surface area contributed by atoms with E-state index in [1.54, 1.807) is 0 Å². The first-order chi connectivity index (χ1) is 12.9. The molecule has 0 aliphatic heterocycles. The van der Waals surface area contributed by atoms with Crippen LogP contribution in [-0.4, -0.2) is 66.2 Å². The minimum atomic E-state index is 0.239. The van der Waals surface area contributed by atoms with E-state index in [1.165, 1.54) is 25.7 Å². The summed E-state index contributed by atoms with van der Waals surface area (Å²) >= 11 is 15.9. The number of benzene rings is 1. The van der Waals surface area contributed by atoms with Crippen molar-refractivity contribution < 1.29 is 4.79 Å². The zero-order valence-electron chi connectivity index (χ0n) is 16.4. The van der Waals surface area contributed by atoms with Crippen molar-refractivity contribution in [3.63, 3.8) is 0 Å². The molecule has 0 bridgehead atoms. The second-order valence-electron chi connectivity index (χ2n) is 7.34. The maximum atomic E-state index is 12.5. The molecule has 0 spiro atoms. The standard InChI is InChI=1S/C20H30Cl2N2OS2/c1-23(2)11-6-12-24(3)20(25)14-26-18-7-4-5-8-19(18)27-15-9-10-16(21)17(22)13-15/h9-10,13,18-19H,4-8,11-12,14H2,1-3H3/t18-,19-/m1/s1. The van der Waals surface area contributed by atoms with Crippen LogP contribution in [-0.2, 0) is 4.79 Å². The van der Waals surface area contributed by atoms with E-state index in [4.69, 9.17) is 23.2 Å². The molecule has 2 atom stereocenters. The maximum Gasteiger partial charge on any atom is 0.232 e. The topological polar surface area (TPSA) is 23.6 Å². The first-order valence-corrected chi connectivity index (χ1v) is 12.2. The molecule has 0 radical (unpaired) electrons. The molecule has 7 heteroatoms. The zero-order valence-corrected chi connectivity index (χ0v) is 19.6. The molecule has 1 aliphatic rings. The van der Waals surface area contributed by atoms with Crippen molar-refractivity contribution >= 4 is 52.6 Å². The molecule has 2 rings (SSSR count). The Bertz CT molecular complexity index is 616. The summed E-state index contributed by atoms with van der Waals surface area (Å²) in [7, 11) is 6.04. The van der Waals surface area contributed by atoms with Gasteiger partial charge in [0.05, 0.1) is 15.8 Å². The van der Waals surface area contributed by atoms with Crippen molar-refractivity contribution in [2.24, 2.45) is 0 Å². The molecule has 0 saturated heterocycles. The van der Waals surface area contributed by atoms with E-state index in [0.717, 1.165) is 24.4 Å². The number of hydrogen-bond acceptors (Lipinski definition) is 4. The van der Waals surface area contributed by atoms with Gasteiger partial charge in [0.25, 0.3) is 0 Å². The van der Waals surface area contributed by atoms with Gasteiger partial charge in [-0.2, -0.15) is 0 Å². The van der Waals surface area contributed by atoms with E-state index in [1.807, 2.05) is 53.7 Å². The molecule has 152 valence electrons. The van der Waals surface area contributed by atoms with Crippen LogP contribution in [0.4, 0.5) is 0 Å². The normalized spacial score (nSPS) is 20.1. The van der Waals surface area contributed by atoms with Gasteiger partial charge < -0.3 is 9.80 Å². The quantitative estimate of drug-likeness (QED) is 0.494. The van der Waals surface area contributed by atoms with Crippen LogP contribution >= 0.6 is 46.7 Å². The van der Waals surface area contributed by atoms with E-state index in [2.05, 4.69) is 19.0 Å². The molecular formula is C20H30Cl2N2OS2. The summed E-state index contributed by atoms with van der Waals surface area (Å²) in [5, 5.41) is 2.24. The maximum absolute atomic E-state index is 12.5. The third-order valence-electron chi connectivity index (χ3n) is 4.77. The van der Waals surface area contributed by atoms with Crippen molar-refractivity contribution in [1.82, 2.24) is 9.80 Å². The van der Waals surface area contributed by atoms with Crippen LogP contribution in [0, 0.1) is 0 Å². The first-order valence-electron chi connectivity index (χ1n) is 9.49. The van der Waals surface area contributed by atoms with Crippen molar-refractivity contribution in [2.45, 2.75) is 47.5 Å². The predicted molar refractivity (Wildman–Crippen MR) is 122 cm³/mol. The molecule has 1 aromatic carbocycles. The fourth-order valence-corrected chi connectivity index (χ4v) is 6.43. The van der Waals surface area contributed by atoms with Gasteiger partial charge in [0.2, 0.25) is 5.91 Å². The first kappa shape index (κ1) is 23.2. The molecule has 27 heavy (non-hydrogen) atoms. The number of carbonyl (C=O) groups excluding carboxylic acids is 1. The van der Waals surface area contributed by atoms with Crippen molar-refractivity contribution in [3.8, 4) is 0 Å². The van der Waals surface area contributed by atoms with Gasteiger partial charge in [-0.05, 0) is 58.1 Å². The third-order valence-corrected chi connectivity index (χ3v) is 8.48. The van der Waals surface area contributed by atoms with Crippen LogP contribution in [0.5, 0.6) is 0 Å². The number of nitrogens with zero attached hydrogens (tertiary/aromatic N) is 2. The average molecular weight is 450 g/mol. The lowest BCUT2D eigenvalue weighted by molar-refractivity contribution is -0.127. The Hall–Kier alpha value is -0.0700. The second-order valence-corrected chi connectivity index (χ2v) is 10.7. The predicted octanol–water partition coefficient (Wildman–Crippen LogP) is 5.54. The van der Waals surface area contributed by atoms with Crippen LogP contribution in [0.25, 0.3) is 0 Å². The van der Waals surface area contributed by atoms with Gasteiger partial charge in [0.1, 0.15) is 0 Å². The van der Waals surface area contributed by atoms with Crippen LogP contribution in [0.1, 0.15) is 32.1 Å². The fraction of sp³-hybridized carbons (Fsp3) is 0.650. The molecule has 3 nitrogen and oxygen atoms in total. The summed E-state index contributed by atoms with van der Waals surface area (Å²) in [5.74, 6) is 0.810. The monoisotopic (exact) mass is 448 g/mol. The molecule has 1 aromatic rings. The number of amides is 1. The Morgan fingerprint density at radius 2 is 1.78 bits per heavy atom. The molecule has 1 saturated carbocycles. The number of rotatable bonds is 9. The Morgan fingerprint density at radius 1 is 1.07 bits per heavy atom. The minimum absolute atomic E-state index is 0.239. The average Bonchev–Trinajstić information content (AvgIpc) is 2.63. The SMILES string of the molecule is CN(C)CCCN(C)C(=O)CS[C@@H]1CCCC[C@H]1Sc1ccc(Cl)c(Cl)c1. The molecule has 1 aliphatic carbocycles. The fourth-order valence-electron chi connectivity index (χ4n) is 3.15. The smallest absolute Gasteiger partial charge is 0.232 e. The van der Waals surface area contributed by atoms with Gasteiger partial charge in [-0.1, -0.05) is 36.0 Å².